The van der Waals surface area contributed by atoms with Gasteiger partial charge in [-0.25, -0.2) is 9.48 Å². The van der Waals surface area contributed by atoms with Gasteiger partial charge in [-0.15, -0.1) is 5.10 Å². The Morgan fingerprint density at radius 1 is 1.10 bits per heavy atom. The Hall–Kier alpha value is -3.55. The fourth-order valence-electron chi connectivity index (χ4n) is 3.43. The van der Waals surface area contributed by atoms with Gasteiger partial charge in [0.25, 0.3) is 5.91 Å². The lowest BCUT2D eigenvalue weighted by Crippen LogP contribution is -2.32. The molecule has 1 aromatic heterocycles. The molecule has 1 aliphatic heterocycles. The standard InChI is InChI=1S/C21H20N4O4/c26-20(15-6-9-17-18(12-15)29-13-28-17)22-10-11-24-21(27)25(16-7-8-16)19(23-24)14-4-2-1-3-5-14/h1-6,9,12,16H,7-8,10-11,13H2,(H,22,26). The van der Waals surface area contributed by atoms with Gasteiger partial charge < -0.3 is 14.8 Å². The first-order valence-corrected chi connectivity index (χ1v) is 9.63. The Morgan fingerprint density at radius 2 is 1.90 bits per heavy atom. The molecular formula is C21H20N4O4. The molecule has 1 saturated carbocycles. The first-order valence-electron chi connectivity index (χ1n) is 9.63. The fraction of sp³-hybridized carbons (Fsp3) is 0.286. The molecule has 8 heteroatoms. The van der Waals surface area contributed by atoms with Gasteiger partial charge >= 0.3 is 5.69 Å². The minimum Gasteiger partial charge on any atom is -0.454 e. The van der Waals surface area contributed by atoms with Crippen LogP contribution in [0.5, 0.6) is 11.5 Å². The molecule has 0 spiro atoms. The molecular weight excluding hydrogens is 372 g/mol. The maximum absolute atomic E-state index is 12.8. The number of ether oxygens (including phenoxy) is 2. The van der Waals surface area contributed by atoms with Crippen LogP contribution in [0.4, 0.5) is 0 Å². The van der Waals surface area contributed by atoms with Crippen molar-refractivity contribution >= 4 is 5.91 Å². The van der Waals surface area contributed by atoms with Crippen LogP contribution in [0.3, 0.4) is 0 Å². The Labute approximate surface area is 166 Å². The predicted octanol–water partition coefficient (Wildman–Crippen LogP) is 2.21. The molecule has 2 aromatic carbocycles. The fourth-order valence-corrected chi connectivity index (χ4v) is 3.43. The number of fused-ring (bicyclic) bond motifs is 1. The molecule has 0 radical (unpaired) electrons. The Balaban J connectivity index is 1.30. The number of amides is 1. The van der Waals surface area contributed by atoms with Crippen molar-refractivity contribution in [3.05, 3.63) is 64.6 Å². The van der Waals surface area contributed by atoms with Crippen molar-refractivity contribution in [3.8, 4) is 22.9 Å². The number of benzene rings is 2. The maximum atomic E-state index is 12.8. The number of rotatable bonds is 6. The molecule has 0 atom stereocenters. The van der Waals surface area contributed by atoms with Crippen molar-refractivity contribution < 1.29 is 14.3 Å². The minimum atomic E-state index is -0.235. The SMILES string of the molecule is O=C(NCCn1nc(-c2ccccc2)n(C2CC2)c1=O)c1ccc2c(c1)OCO2. The van der Waals surface area contributed by atoms with Gasteiger partial charge in [-0.1, -0.05) is 30.3 Å². The minimum absolute atomic E-state index is 0.135. The third kappa shape index (κ3) is 3.37. The van der Waals surface area contributed by atoms with Gasteiger partial charge in [0.2, 0.25) is 6.79 Å². The van der Waals surface area contributed by atoms with Crippen molar-refractivity contribution in [1.82, 2.24) is 19.7 Å². The normalized spacial score (nSPS) is 14.8. The summed E-state index contributed by atoms with van der Waals surface area (Å²) in [6, 6.07) is 15.0. The summed E-state index contributed by atoms with van der Waals surface area (Å²) in [5.41, 5.74) is 1.26. The van der Waals surface area contributed by atoms with Gasteiger partial charge in [-0.05, 0) is 31.0 Å². The maximum Gasteiger partial charge on any atom is 0.346 e. The van der Waals surface area contributed by atoms with E-state index in [4.69, 9.17) is 9.47 Å². The van der Waals surface area contributed by atoms with Crippen LogP contribution in [0, 0.1) is 0 Å². The first-order chi connectivity index (χ1) is 14.2. The van der Waals surface area contributed by atoms with E-state index in [0.717, 1.165) is 18.4 Å². The molecule has 148 valence electrons. The van der Waals surface area contributed by atoms with Crippen LogP contribution in [0.15, 0.2) is 53.3 Å². The van der Waals surface area contributed by atoms with Crippen molar-refractivity contribution in [2.75, 3.05) is 13.3 Å². The monoisotopic (exact) mass is 392 g/mol. The largest absolute Gasteiger partial charge is 0.454 e. The zero-order chi connectivity index (χ0) is 19.8. The Kier molecular flexibility index (Phi) is 4.31. The first kappa shape index (κ1) is 17.5. The number of carbonyl (C=O) groups excluding carboxylic acids is 1. The molecule has 0 bridgehead atoms. The third-order valence-electron chi connectivity index (χ3n) is 5.06. The highest BCUT2D eigenvalue weighted by atomic mass is 16.7. The van der Waals surface area contributed by atoms with Crippen molar-refractivity contribution in [2.45, 2.75) is 25.4 Å². The highest BCUT2D eigenvalue weighted by Crippen LogP contribution is 2.36. The lowest BCUT2D eigenvalue weighted by Gasteiger charge is -2.05. The molecule has 2 aliphatic rings. The zero-order valence-electron chi connectivity index (χ0n) is 15.7. The van der Waals surface area contributed by atoms with E-state index in [1.165, 1.54) is 4.68 Å². The summed E-state index contributed by atoms with van der Waals surface area (Å²) in [4.78, 5) is 25.2. The highest BCUT2D eigenvalue weighted by molar-refractivity contribution is 5.94. The summed E-state index contributed by atoms with van der Waals surface area (Å²) in [6.07, 6.45) is 1.98. The number of hydrogen-bond donors (Lipinski definition) is 1. The summed E-state index contributed by atoms with van der Waals surface area (Å²) in [6.45, 7) is 0.758. The molecule has 2 heterocycles. The van der Waals surface area contributed by atoms with Crippen LogP contribution >= 0.6 is 0 Å². The molecule has 8 nitrogen and oxygen atoms in total. The topological polar surface area (TPSA) is 87.4 Å². The van der Waals surface area contributed by atoms with Crippen LogP contribution in [0.25, 0.3) is 11.4 Å². The lowest BCUT2D eigenvalue weighted by atomic mass is 10.2. The number of nitrogens with one attached hydrogen (secondary N) is 1. The molecule has 3 aromatic rings. The van der Waals surface area contributed by atoms with E-state index in [0.29, 0.717) is 36.0 Å². The van der Waals surface area contributed by atoms with Crippen molar-refractivity contribution in [2.24, 2.45) is 0 Å². The molecule has 5 rings (SSSR count). The molecule has 1 aliphatic carbocycles. The second-order valence-electron chi connectivity index (χ2n) is 7.12. The number of aromatic nitrogens is 3. The highest BCUT2D eigenvalue weighted by Gasteiger charge is 2.30. The van der Waals surface area contributed by atoms with Gasteiger partial charge in [0.1, 0.15) is 0 Å². The predicted molar refractivity (Wildman–Crippen MR) is 105 cm³/mol. The Bertz CT molecular complexity index is 1120. The molecule has 0 unspecified atom stereocenters. The van der Waals surface area contributed by atoms with Gasteiger partial charge in [0.05, 0.1) is 6.54 Å². The third-order valence-corrected chi connectivity index (χ3v) is 5.06. The van der Waals surface area contributed by atoms with Crippen LogP contribution in [-0.2, 0) is 6.54 Å². The summed E-state index contributed by atoms with van der Waals surface area (Å²) in [7, 11) is 0. The van der Waals surface area contributed by atoms with Gasteiger partial charge in [0, 0.05) is 23.7 Å². The summed E-state index contributed by atoms with van der Waals surface area (Å²) < 4.78 is 13.8. The van der Waals surface area contributed by atoms with Gasteiger partial charge in [-0.2, -0.15) is 0 Å². The van der Waals surface area contributed by atoms with E-state index in [1.807, 2.05) is 30.3 Å². The zero-order valence-corrected chi connectivity index (χ0v) is 15.7. The van der Waals surface area contributed by atoms with Crippen LogP contribution in [-0.4, -0.2) is 33.6 Å². The summed E-state index contributed by atoms with van der Waals surface area (Å²) in [5.74, 6) is 1.64. The van der Waals surface area contributed by atoms with Crippen molar-refractivity contribution in [3.63, 3.8) is 0 Å². The van der Waals surface area contributed by atoms with E-state index in [-0.39, 0.29) is 24.4 Å². The quantitative estimate of drug-likeness (QED) is 0.695. The molecule has 29 heavy (non-hydrogen) atoms. The average molecular weight is 392 g/mol. The Morgan fingerprint density at radius 3 is 2.69 bits per heavy atom. The lowest BCUT2D eigenvalue weighted by molar-refractivity contribution is 0.0951. The smallest absolute Gasteiger partial charge is 0.346 e. The van der Waals surface area contributed by atoms with E-state index in [2.05, 4.69) is 10.4 Å². The molecule has 0 saturated heterocycles. The van der Waals surface area contributed by atoms with E-state index in [9.17, 15) is 9.59 Å². The molecule has 1 fully saturated rings. The average Bonchev–Trinajstić information content (AvgIpc) is 3.38. The number of nitrogens with zero attached hydrogens (tertiary/aromatic N) is 3. The summed E-state index contributed by atoms with van der Waals surface area (Å²) >= 11 is 0. The van der Waals surface area contributed by atoms with Crippen LogP contribution in [0.1, 0.15) is 29.2 Å². The van der Waals surface area contributed by atoms with Crippen LogP contribution in [0.2, 0.25) is 0 Å². The second kappa shape index (κ2) is 7.12. The van der Waals surface area contributed by atoms with E-state index in [1.54, 1.807) is 22.8 Å². The molecule has 1 amide bonds. The number of hydrogen-bond acceptors (Lipinski definition) is 5. The van der Waals surface area contributed by atoms with Crippen molar-refractivity contribution in [1.29, 1.82) is 0 Å². The summed E-state index contributed by atoms with van der Waals surface area (Å²) in [5, 5.41) is 7.37. The second-order valence-corrected chi connectivity index (χ2v) is 7.12. The van der Waals surface area contributed by atoms with Gasteiger partial charge in [0.15, 0.2) is 17.3 Å². The van der Waals surface area contributed by atoms with Crippen LogP contribution < -0.4 is 20.5 Å². The van der Waals surface area contributed by atoms with E-state index >= 15 is 0 Å². The number of carbonyl (C=O) groups is 1. The molecule has 1 N–H and O–H groups in total. The van der Waals surface area contributed by atoms with E-state index < -0.39 is 0 Å². The van der Waals surface area contributed by atoms with Gasteiger partial charge in [-0.3, -0.25) is 9.36 Å².